The maximum Gasteiger partial charge on any atom is 0.241 e. The monoisotopic (exact) mass is 422 g/mol. The average molecular weight is 423 g/mol. The van der Waals surface area contributed by atoms with Crippen LogP contribution in [0.5, 0.6) is 0 Å². The lowest BCUT2D eigenvalue weighted by Gasteiger charge is -2.08. The molecule has 6 nitrogen and oxygen atoms in total. The summed E-state index contributed by atoms with van der Waals surface area (Å²) < 4.78 is 42.6. The fourth-order valence-corrected chi connectivity index (χ4v) is 4.08. The molecule has 0 radical (unpaired) electrons. The Hall–Kier alpha value is -2.26. The minimum Gasteiger partial charge on any atom is -0.337 e. The number of pyridine rings is 1. The van der Waals surface area contributed by atoms with E-state index >= 15 is 0 Å². The zero-order valence-corrected chi connectivity index (χ0v) is 17.0. The first-order valence-corrected chi connectivity index (χ1v) is 10.4. The van der Waals surface area contributed by atoms with E-state index in [4.69, 9.17) is 17.3 Å². The number of halogens is 2. The Morgan fingerprint density at radius 2 is 2.11 bits per heavy atom. The Morgan fingerprint density at radius 1 is 1.36 bits per heavy atom. The normalized spacial score (nSPS) is 12.7. The fourth-order valence-electron chi connectivity index (χ4n) is 3.19. The van der Waals surface area contributed by atoms with Crippen LogP contribution in [0.1, 0.15) is 5.69 Å². The summed E-state index contributed by atoms with van der Waals surface area (Å²) in [6.07, 6.45) is 4.18. The highest BCUT2D eigenvalue weighted by atomic mass is 35.5. The van der Waals surface area contributed by atoms with Gasteiger partial charge >= 0.3 is 0 Å². The lowest BCUT2D eigenvalue weighted by atomic mass is 10.0. The van der Waals surface area contributed by atoms with Gasteiger partial charge in [0, 0.05) is 51.7 Å². The lowest BCUT2D eigenvalue weighted by Crippen LogP contribution is -2.18. The molecule has 2 heterocycles. The van der Waals surface area contributed by atoms with E-state index in [-0.39, 0.29) is 23.8 Å². The lowest BCUT2D eigenvalue weighted by molar-refractivity contribution is 0.555. The van der Waals surface area contributed by atoms with E-state index in [1.165, 1.54) is 25.4 Å². The van der Waals surface area contributed by atoms with Crippen LogP contribution < -0.4 is 10.5 Å². The van der Waals surface area contributed by atoms with Crippen molar-refractivity contribution in [3.8, 4) is 11.1 Å². The summed E-state index contributed by atoms with van der Waals surface area (Å²) >= 11 is 6.19. The van der Waals surface area contributed by atoms with Gasteiger partial charge in [0.25, 0.3) is 0 Å². The molecule has 0 bridgehead atoms. The molecule has 0 aliphatic heterocycles. The van der Waals surface area contributed by atoms with E-state index < -0.39 is 10.0 Å². The molecular weight excluding hydrogens is 403 g/mol. The third-order valence-corrected chi connectivity index (χ3v) is 6.13. The average Bonchev–Trinajstić information content (AvgIpc) is 2.93. The van der Waals surface area contributed by atoms with Crippen molar-refractivity contribution in [2.75, 3.05) is 13.6 Å². The van der Waals surface area contributed by atoms with Crippen molar-refractivity contribution in [3.05, 3.63) is 59.3 Å². The second kappa shape index (κ2) is 8.00. The van der Waals surface area contributed by atoms with Gasteiger partial charge in [-0.2, -0.15) is 0 Å². The first-order valence-electron chi connectivity index (χ1n) is 8.50. The van der Waals surface area contributed by atoms with E-state index in [2.05, 4.69) is 9.71 Å². The molecule has 0 saturated carbocycles. The number of sulfonamides is 1. The molecule has 0 saturated heterocycles. The fraction of sp³-hybridized carbons (Fsp3) is 0.211. The molecule has 3 N–H and O–H groups in total. The van der Waals surface area contributed by atoms with Crippen LogP contribution in [0, 0.1) is 6.92 Å². The summed E-state index contributed by atoms with van der Waals surface area (Å²) in [5, 5.41) is 1.31. The van der Waals surface area contributed by atoms with Crippen molar-refractivity contribution in [1.82, 2.24) is 14.3 Å². The van der Waals surface area contributed by atoms with E-state index in [1.807, 2.05) is 17.6 Å². The number of hydrogen-bond donors (Lipinski definition) is 2. The van der Waals surface area contributed by atoms with Gasteiger partial charge in [-0.15, -0.1) is 0 Å². The van der Waals surface area contributed by atoms with Crippen molar-refractivity contribution < 1.29 is 12.8 Å². The Kier molecular flexibility index (Phi) is 5.85. The summed E-state index contributed by atoms with van der Waals surface area (Å²) in [5.74, 6) is -0.353. The third-order valence-electron chi connectivity index (χ3n) is 4.51. The van der Waals surface area contributed by atoms with E-state index in [0.29, 0.717) is 10.6 Å². The van der Waals surface area contributed by atoms with Gasteiger partial charge in [0.2, 0.25) is 10.0 Å². The van der Waals surface area contributed by atoms with Gasteiger partial charge < -0.3 is 10.3 Å². The Balaban J connectivity index is 2.27. The number of benzene rings is 1. The maximum atomic E-state index is 14.2. The largest absolute Gasteiger partial charge is 0.337 e. The van der Waals surface area contributed by atoms with Crippen LogP contribution in [0.2, 0.25) is 5.02 Å². The minimum atomic E-state index is -3.65. The first kappa shape index (κ1) is 20.5. The Labute approximate surface area is 167 Å². The quantitative estimate of drug-likeness (QED) is 0.637. The molecule has 3 rings (SSSR count). The Bertz CT molecular complexity index is 1170. The highest BCUT2D eigenvalue weighted by Gasteiger charge is 2.19. The first-order chi connectivity index (χ1) is 13.3. The maximum absolute atomic E-state index is 14.2. The molecule has 3 aromatic rings. The van der Waals surface area contributed by atoms with Crippen LogP contribution in [0.3, 0.4) is 0 Å². The van der Waals surface area contributed by atoms with Gasteiger partial charge in [-0.05, 0) is 44.3 Å². The molecule has 2 aromatic heterocycles. The SMILES string of the molecule is CNS(=O)(=O)c1cncc(-c2c(C)n(CC(F)=CCN)c3ccc(Cl)cc23)c1. The summed E-state index contributed by atoms with van der Waals surface area (Å²) in [6.45, 7) is 1.97. The number of fused-ring (bicyclic) bond motifs is 1. The zero-order valence-electron chi connectivity index (χ0n) is 15.4. The van der Waals surface area contributed by atoms with Gasteiger partial charge in [0.1, 0.15) is 10.7 Å². The smallest absolute Gasteiger partial charge is 0.241 e. The van der Waals surface area contributed by atoms with Crippen LogP contribution in [-0.4, -0.2) is 31.6 Å². The van der Waals surface area contributed by atoms with Gasteiger partial charge in [0.05, 0.1) is 6.54 Å². The molecule has 0 unspecified atom stereocenters. The van der Waals surface area contributed by atoms with Crippen molar-refractivity contribution in [3.63, 3.8) is 0 Å². The van der Waals surface area contributed by atoms with Crippen LogP contribution >= 0.6 is 11.6 Å². The predicted octanol–water partition coefficient (Wildman–Crippen LogP) is 3.39. The number of nitrogens with zero attached hydrogens (tertiary/aromatic N) is 2. The predicted molar refractivity (Wildman–Crippen MR) is 109 cm³/mol. The number of hydrogen-bond acceptors (Lipinski definition) is 4. The van der Waals surface area contributed by atoms with Crippen molar-refractivity contribution in [2.45, 2.75) is 18.4 Å². The molecular formula is C19H20ClFN4O2S. The van der Waals surface area contributed by atoms with Crippen LogP contribution in [0.25, 0.3) is 22.0 Å². The van der Waals surface area contributed by atoms with E-state index in [0.717, 1.165) is 22.2 Å². The van der Waals surface area contributed by atoms with E-state index in [1.54, 1.807) is 18.3 Å². The molecule has 0 spiro atoms. The molecule has 9 heteroatoms. The highest BCUT2D eigenvalue weighted by Crippen LogP contribution is 2.37. The third kappa shape index (κ3) is 3.81. The summed E-state index contributed by atoms with van der Waals surface area (Å²) in [7, 11) is -2.31. The second-order valence-corrected chi connectivity index (χ2v) is 8.53. The van der Waals surface area contributed by atoms with Crippen molar-refractivity contribution >= 4 is 32.5 Å². The molecule has 0 amide bonds. The Morgan fingerprint density at radius 3 is 2.79 bits per heavy atom. The van der Waals surface area contributed by atoms with E-state index in [9.17, 15) is 12.8 Å². The molecule has 28 heavy (non-hydrogen) atoms. The molecule has 0 atom stereocenters. The number of rotatable bonds is 6. The molecule has 1 aromatic carbocycles. The van der Waals surface area contributed by atoms with Gasteiger partial charge in [0.15, 0.2) is 0 Å². The molecule has 0 aliphatic rings. The molecule has 148 valence electrons. The van der Waals surface area contributed by atoms with Gasteiger partial charge in [-0.3, -0.25) is 4.98 Å². The number of aromatic nitrogens is 2. The number of nitrogens with one attached hydrogen (secondary N) is 1. The summed E-state index contributed by atoms with van der Waals surface area (Å²) in [6, 6.07) is 6.86. The van der Waals surface area contributed by atoms with Crippen LogP contribution in [0.15, 0.2) is 53.5 Å². The van der Waals surface area contributed by atoms with Gasteiger partial charge in [-0.25, -0.2) is 17.5 Å². The van der Waals surface area contributed by atoms with Crippen molar-refractivity contribution in [2.24, 2.45) is 5.73 Å². The molecule has 0 aliphatic carbocycles. The molecule has 0 fully saturated rings. The standard InChI is InChI=1S/C19H20ClFN4O2S/c1-12-19(13-7-16(10-24-9-13)28(26,27)23-2)17-8-14(20)3-4-18(17)25(12)11-15(21)5-6-22/h3-5,7-10,23H,6,11,22H2,1-2H3. The second-order valence-electron chi connectivity index (χ2n) is 6.21. The zero-order chi connectivity index (χ0) is 20.5. The topological polar surface area (TPSA) is 90.0 Å². The summed E-state index contributed by atoms with van der Waals surface area (Å²) in [4.78, 5) is 4.13. The van der Waals surface area contributed by atoms with Crippen molar-refractivity contribution in [1.29, 1.82) is 0 Å². The highest BCUT2D eigenvalue weighted by molar-refractivity contribution is 7.89. The van der Waals surface area contributed by atoms with Crippen LogP contribution in [-0.2, 0) is 16.6 Å². The summed E-state index contributed by atoms with van der Waals surface area (Å²) in [5.41, 5.74) is 8.29. The number of nitrogens with two attached hydrogens (primary N) is 1. The van der Waals surface area contributed by atoms with Crippen LogP contribution in [0.4, 0.5) is 4.39 Å². The number of allylic oxidation sites excluding steroid dienone is 1. The van der Waals surface area contributed by atoms with Gasteiger partial charge in [-0.1, -0.05) is 11.6 Å². The minimum absolute atomic E-state index is 0.0170.